The van der Waals surface area contributed by atoms with Gasteiger partial charge in [0.2, 0.25) is 5.76 Å². The topological polar surface area (TPSA) is 124 Å². The van der Waals surface area contributed by atoms with Crippen LogP contribution in [-0.4, -0.2) is 29.1 Å². The quantitative estimate of drug-likeness (QED) is 0.413. The third-order valence-corrected chi connectivity index (χ3v) is 4.97. The molecule has 0 spiro atoms. The number of amides is 1. The van der Waals surface area contributed by atoms with Crippen molar-refractivity contribution in [3.05, 3.63) is 61.5 Å². The van der Waals surface area contributed by atoms with E-state index in [4.69, 9.17) is 20.8 Å². The third-order valence-electron chi connectivity index (χ3n) is 4.65. The van der Waals surface area contributed by atoms with Crippen molar-refractivity contribution in [2.45, 2.75) is 39.5 Å². The second-order valence-electron chi connectivity index (χ2n) is 6.77. The Morgan fingerprint density at radius 2 is 2.13 bits per heavy atom. The monoisotopic (exact) mass is 433 g/mol. The molecule has 1 aliphatic carbocycles. The lowest BCUT2D eigenvalue weighted by Gasteiger charge is -2.13. The van der Waals surface area contributed by atoms with Gasteiger partial charge in [-0.2, -0.15) is 5.10 Å². The Hall–Kier alpha value is -3.20. The van der Waals surface area contributed by atoms with E-state index in [-0.39, 0.29) is 22.0 Å². The highest BCUT2D eigenvalue weighted by Gasteiger charge is 2.29. The Balaban J connectivity index is 1.84. The molecule has 0 unspecified atom stereocenters. The summed E-state index contributed by atoms with van der Waals surface area (Å²) >= 11 is 5.78. The number of rotatable bonds is 6. The van der Waals surface area contributed by atoms with Gasteiger partial charge in [-0.15, -0.1) is 0 Å². The number of nitrogens with zero attached hydrogens (tertiary/aromatic N) is 2. The fraction of sp³-hybridized carbons (Fsp3) is 0.350. The van der Waals surface area contributed by atoms with E-state index in [0.717, 1.165) is 12.5 Å². The number of halogens is 1. The van der Waals surface area contributed by atoms with Crippen LogP contribution in [0.2, 0.25) is 5.02 Å². The van der Waals surface area contributed by atoms with Crippen molar-refractivity contribution in [2.24, 2.45) is 5.10 Å². The van der Waals surface area contributed by atoms with Crippen LogP contribution < -0.4 is 5.43 Å². The van der Waals surface area contributed by atoms with Crippen molar-refractivity contribution in [1.82, 2.24) is 5.43 Å². The number of hydrogen-bond donors (Lipinski definition) is 1. The zero-order valence-corrected chi connectivity index (χ0v) is 17.2. The van der Waals surface area contributed by atoms with Gasteiger partial charge < -0.3 is 9.15 Å². The predicted octanol–water partition coefficient (Wildman–Crippen LogP) is 4.19. The summed E-state index contributed by atoms with van der Waals surface area (Å²) in [5.41, 5.74) is 3.98. The number of nitro benzene ring substituents is 1. The van der Waals surface area contributed by atoms with E-state index in [0.29, 0.717) is 48.5 Å². The minimum Gasteiger partial charge on any atom is -0.460 e. The maximum Gasteiger partial charge on any atom is 0.374 e. The zero-order valence-electron chi connectivity index (χ0n) is 16.5. The normalized spacial score (nSPS) is 14.3. The Kier molecular flexibility index (Phi) is 6.51. The van der Waals surface area contributed by atoms with E-state index in [1.54, 1.807) is 6.92 Å². The van der Waals surface area contributed by atoms with Crippen molar-refractivity contribution >= 4 is 34.9 Å². The molecule has 1 aliphatic rings. The Morgan fingerprint density at radius 1 is 1.37 bits per heavy atom. The standard InChI is InChI=1S/C20H20ClN3O6/c1-3-9-29-20(26)18-11(2)17-14(5-4-6-16(17)30-18)22-23-19(25)12-7-8-13(21)15(10-12)24(27)28/h7-8,10H,3-6,9H2,1-2H3,(H,23,25)/b22-14+. The summed E-state index contributed by atoms with van der Waals surface area (Å²) in [6.07, 6.45) is 2.67. The highest BCUT2D eigenvalue weighted by atomic mass is 35.5. The Labute approximate surface area is 177 Å². The molecule has 1 heterocycles. The summed E-state index contributed by atoms with van der Waals surface area (Å²) in [7, 11) is 0. The molecule has 1 N–H and O–H groups in total. The van der Waals surface area contributed by atoms with E-state index in [1.807, 2.05) is 6.92 Å². The third kappa shape index (κ3) is 4.35. The molecule has 10 heteroatoms. The van der Waals surface area contributed by atoms with Crippen LogP contribution >= 0.6 is 11.6 Å². The van der Waals surface area contributed by atoms with Crippen molar-refractivity contribution in [1.29, 1.82) is 0 Å². The number of ether oxygens (including phenoxy) is 1. The van der Waals surface area contributed by atoms with E-state index in [9.17, 15) is 19.7 Å². The van der Waals surface area contributed by atoms with Gasteiger partial charge in [-0.3, -0.25) is 14.9 Å². The first-order valence-electron chi connectivity index (χ1n) is 9.44. The second-order valence-corrected chi connectivity index (χ2v) is 7.17. The summed E-state index contributed by atoms with van der Waals surface area (Å²) in [5.74, 6) is -0.376. The smallest absolute Gasteiger partial charge is 0.374 e. The van der Waals surface area contributed by atoms with E-state index in [2.05, 4.69) is 10.5 Å². The highest BCUT2D eigenvalue weighted by molar-refractivity contribution is 6.32. The average Bonchev–Trinajstić information content (AvgIpc) is 3.07. The summed E-state index contributed by atoms with van der Waals surface area (Å²) in [5, 5.41) is 15.2. The van der Waals surface area contributed by atoms with Crippen LogP contribution in [0.5, 0.6) is 0 Å². The lowest BCUT2D eigenvalue weighted by Crippen LogP contribution is -2.22. The molecule has 1 amide bonds. The zero-order chi connectivity index (χ0) is 21.8. The SMILES string of the molecule is CCCOC(=O)c1oc2c(c1C)/C(=N/NC(=O)c1ccc(Cl)c([N+](=O)[O-])c1)CCC2. The number of aryl methyl sites for hydroxylation is 1. The van der Waals surface area contributed by atoms with E-state index >= 15 is 0 Å². The van der Waals surface area contributed by atoms with Crippen LogP contribution in [-0.2, 0) is 11.2 Å². The molecule has 0 atom stereocenters. The number of furan rings is 1. The first-order valence-corrected chi connectivity index (χ1v) is 9.81. The van der Waals surface area contributed by atoms with Crippen molar-refractivity contribution in [3.63, 3.8) is 0 Å². The molecular weight excluding hydrogens is 414 g/mol. The van der Waals surface area contributed by atoms with E-state index in [1.165, 1.54) is 12.1 Å². The molecular formula is C20H20ClN3O6. The van der Waals surface area contributed by atoms with Gasteiger partial charge in [0, 0.05) is 29.2 Å². The number of fused-ring (bicyclic) bond motifs is 1. The fourth-order valence-corrected chi connectivity index (χ4v) is 3.40. The van der Waals surface area contributed by atoms with Crippen LogP contribution in [0.15, 0.2) is 27.7 Å². The molecule has 2 aromatic rings. The summed E-state index contributed by atoms with van der Waals surface area (Å²) < 4.78 is 10.9. The fourth-order valence-electron chi connectivity index (χ4n) is 3.21. The van der Waals surface area contributed by atoms with Gasteiger partial charge in [-0.25, -0.2) is 10.2 Å². The maximum atomic E-state index is 12.4. The highest BCUT2D eigenvalue weighted by Crippen LogP contribution is 2.30. The van der Waals surface area contributed by atoms with Crippen molar-refractivity contribution < 1.29 is 23.7 Å². The van der Waals surface area contributed by atoms with Gasteiger partial charge in [0.15, 0.2) is 0 Å². The molecule has 0 radical (unpaired) electrons. The minimum atomic E-state index is -0.660. The van der Waals surface area contributed by atoms with Gasteiger partial charge in [-0.05, 0) is 38.3 Å². The largest absolute Gasteiger partial charge is 0.460 e. The molecule has 158 valence electrons. The summed E-state index contributed by atoms with van der Waals surface area (Å²) in [4.78, 5) is 35.0. The lowest BCUT2D eigenvalue weighted by atomic mass is 9.93. The first-order chi connectivity index (χ1) is 14.3. The van der Waals surface area contributed by atoms with Crippen LogP contribution in [0, 0.1) is 17.0 Å². The van der Waals surface area contributed by atoms with Crippen LogP contribution in [0.3, 0.4) is 0 Å². The van der Waals surface area contributed by atoms with Gasteiger partial charge in [0.25, 0.3) is 11.6 Å². The average molecular weight is 434 g/mol. The second kappa shape index (κ2) is 9.08. The maximum absolute atomic E-state index is 12.4. The predicted molar refractivity (Wildman–Crippen MR) is 109 cm³/mol. The molecule has 0 saturated heterocycles. The number of hydrazone groups is 1. The molecule has 30 heavy (non-hydrogen) atoms. The molecule has 1 aromatic heterocycles. The molecule has 0 saturated carbocycles. The van der Waals surface area contributed by atoms with Crippen molar-refractivity contribution in [3.8, 4) is 0 Å². The van der Waals surface area contributed by atoms with Gasteiger partial charge in [0.05, 0.1) is 17.2 Å². The molecule has 0 aliphatic heterocycles. The lowest BCUT2D eigenvalue weighted by molar-refractivity contribution is -0.384. The molecule has 0 bridgehead atoms. The molecule has 0 fully saturated rings. The van der Waals surface area contributed by atoms with Crippen LogP contribution in [0.4, 0.5) is 5.69 Å². The Bertz CT molecular complexity index is 1040. The van der Waals surface area contributed by atoms with Gasteiger partial charge in [0.1, 0.15) is 10.8 Å². The number of carbonyl (C=O) groups excluding carboxylic acids is 2. The number of carbonyl (C=O) groups is 2. The van der Waals surface area contributed by atoms with Gasteiger partial charge in [-0.1, -0.05) is 18.5 Å². The molecule has 9 nitrogen and oxygen atoms in total. The minimum absolute atomic E-state index is 0.0548. The Morgan fingerprint density at radius 3 is 2.83 bits per heavy atom. The van der Waals surface area contributed by atoms with Crippen molar-refractivity contribution in [2.75, 3.05) is 6.61 Å². The summed E-state index contributed by atoms with van der Waals surface area (Å²) in [6, 6.07) is 3.76. The first kappa shape index (κ1) is 21.5. The van der Waals surface area contributed by atoms with Crippen LogP contribution in [0.1, 0.15) is 64.0 Å². The van der Waals surface area contributed by atoms with E-state index < -0.39 is 16.8 Å². The number of nitro groups is 1. The molecule has 1 aromatic carbocycles. The number of nitrogens with one attached hydrogen (secondary N) is 1. The number of esters is 1. The van der Waals surface area contributed by atoms with Crippen LogP contribution in [0.25, 0.3) is 0 Å². The number of hydrogen-bond acceptors (Lipinski definition) is 7. The molecule has 3 rings (SSSR count). The summed E-state index contributed by atoms with van der Waals surface area (Å²) in [6.45, 7) is 3.94. The van der Waals surface area contributed by atoms with Gasteiger partial charge >= 0.3 is 5.97 Å². The number of benzene rings is 1.